The van der Waals surface area contributed by atoms with Crippen LogP contribution in [0.5, 0.6) is 0 Å². The summed E-state index contributed by atoms with van der Waals surface area (Å²) in [6, 6.07) is 1.79. The van der Waals surface area contributed by atoms with Crippen molar-refractivity contribution in [2.75, 3.05) is 17.3 Å². The molecule has 2 rings (SSSR count). The standard InChI is InChI=1S/C11H14F3N7/c12-11(13,14)8-6-9(18-10(7-8)19-15)16-2-1-4-21-5-3-17-20-21/h3,5-7H,1-2,4,15H2,(H2,16,18,19). The maximum absolute atomic E-state index is 12.7. The molecule has 0 spiro atoms. The van der Waals surface area contributed by atoms with E-state index in [9.17, 15) is 13.2 Å². The van der Waals surface area contributed by atoms with Crippen molar-refractivity contribution in [2.45, 2.75) is 19.1 Å². The SMILES string of the molecule is NNc1cc(C(F)(F)F)cc(NCCCn2ccnn2)n1. The van der Waals surface area contributed by atoms with Gasteiger partial charge in [-0.15, -0.1) is 5.10 Å². The highest BCUT2D eigenvalue weighted by Crippen LogP contribution is 2.31. The van der Waals surface area contributed by atoms with E-state index in [1.807, 2.05) is 0 Å². The summed E-state index contributed by atoms with van der Waals surface area (Å²) < 4.78 is 39.8. The van der Waals surface area contributed by atoms with Crippen LogP contribution in [0.1, 0.15) is 12.0 Å². The first-order valence-electron chi connectivity index (χ1n) is 6.13. The van der Waals surface area contributed by atoms with Crippen LogP contribution in [-0.4, -0.2) is 26.5 Å². The Balaban J connectivity index is 1.95. The number of nitrogens with one attached hydrogen (secondary N) is 2. The molecule has 7 nitrogen and oxygen atoms in total. The van der Waals surface area contributed by atoms with Crippen LogP contribution in [0.2, 0.25) is 0 Å². The Hall–Kier alpha value is -2.36. The fourth-order valence-corrected chi connectivity index (χ4v) is 1.67. The topological polar surface area (TPSA) is 93.7 Å². The molecule has 2 heterocycles. The van der Waals surface area contributed by atoms with Gasteiger partial charge >= 0.3 is 6.18 Å². The zero-order chi connectivity index (χ0) is 15.3. The number of nitrogens with zero attached hydrogens (tertiary/aromatic N) is 4. The first kappa shape index (κ1) is 15.0. The lowest BCUT2D eigenvalue weighted by atomic mass is 10.2. The average molecular weight is 301 g/mol. The fraction of sp³-hybridized carbons (Fsp3) is 0.364. The summed E-state index contributed by atoms with van der Waals surface area (Å²) in [5, 5.41) is 10.3. The Kier molecular flexibility index (Phi) is 4.58. The average Bonchev–Trinajstić information content (AvgIpc) is 2.95. The van der Waals surface area contributed by atoms with Crippen molar-refractivity contribution in [3.05, 3.63) is 30.1 Å². The van der Waals surface area contributed by atoms with Crippen LogP contribution in [-0.2, 0) is 12.7 Å². The van der Waals surface area contributed by atoms with Gasteiger partial charge in [-0.05, 0) is 18.6 Å². The minimum absolute atomic E-state index is 0.0522. The van der Waals surface area contributed by atoms with Crippen LogP contribution >= 0.6 is 0 Å². The molecule has 0 aliphatic carbocycles. The zero-order valence-corrected chi connectivity index (χ0v) is 10.9. The van der Waals surface area contributed by atoms with Gasteiger partial charge in [-0.2, -0.15) is 13.2 Å². The minimum atomic E-state index is -4.45. The van der Waals surface area contributed by atoms with Crippen LogP contribution in [0, 0.1) is 0 Å². The van der Waals surface area contributed by atoms with Crippen LogP contribution in [0.15, 0.2) is 24.5 Å². The van der Waals surface area contributed by atoms with Gasteiger partial charge in [0.15, 0.2) is 0 Å². The van der Waals surface area contributed by atoms with E-state index < -0.39 is 11.7 Å². The molecule has 2 aromatic heterocycles. The molecule has 0 fully saturated rings. The highest BCUT2D eigenvalue weighted by molar-refractivity contribution is 5.49. The molecule has 4 N–H and O–H groups in total. The molecule has 114 valence electrons. The van der Waals surface area contributed by atoms with Crippen LogP contribution in [0.3, 0.4) is 0 Å². The van der Waals surface area contributed by atoms with E-state index in [2.05, 4.69) is 26.0 Å². The van der Waals surface area contributed by atoms with Gasteiger partial charge in [-0.3, -0.25) is 4.68 Å². The molecule has 2 aromatic rings. The van der Waals surface area contributed by atoms with Gasteiger partial charge in [-0.1, -0.05) is 5.21 Å². The number of halogens is 3. The normalized spacial score (nSPS) is 11.4. The van der Waals surface area contributed by atoms with E-state index in [4.69, 9.17) is 5.84 Å². The molecule has 0 aliphatic heterocycles. The Morgan fingerprint density at radius 1 is 1.24 bits per heavy atom. The monoisotopic (exact) mass is 301 g/mol. The Morgan fingerprint density at radius 2 is 2.00 bits per heavy atom. The molecule has 0 saturated carbocycles. The first-order valence-corrected chi connectivity index (χ1v) is 6.13. The Bertz CT molecular complexity index is 568. The number of hydrazine groups is 1. The summed E-state index contributed by atoms with van der Waals surface area (Å²) in [5.74, 6) is 5.18. The van der Waals surface area contributed by atoms with Gasteiger partial charge in [0.2, 0.25) is 0 Å². The van der Waals surface area contributed by atoms with Gasteiger partial charge in [0, 0.05) is 19.3 Å². The molecule has 0 saturated heterocycles. The molecular weight excluding hydrogens is 287 g/mol. The molecule has 0 atom stereocenters. The number of anilines is 2. The second-order valence-corrected chi connectivity index (χ2v) is 4.21. The van der Waals surface area contributed by atoms with Gasteiger partial charge in [0.25, 0.3) is 0 Å². The van der Waals surface area contributed by atoms with Crippen molar-refractivity contribution in [3.63, 3.8) is 0 Å². The summed E-state index contributed by atoms with van der Waals surface area (Å²) in [6.07, 6.45) is -0.529. The minimum Gasteiger partial charge on any atom is -0.370 e. The number of alkyl halides is 3. The van der Waals surface area contributed by atoms with Crippen LogP contribution < -0.4 is 16.6 Å². The number of aromatic nitrogens is 4. The summed E-state index contributed by atoms with van der Waals surface area (Å²) in [4.78, 5) is 3.92. The maximum Gasteiger partial charge on any atom is 0.416 e. The van der Waals surface area contributed by atoms with Crippen molar-refractivity contribution < 1.29 is 13.2 Å². The highest BCUT2D eigenvalue weighted by Gasteiger charge is 2.31. The lowest BCUT2D eigenvalue weighted by Crippen LogP contribution is -2.14. The highest BCUT2D eigenvalue weighted by atomic mass is 19.4. The van der Waals surface area contributed by atoms with E-state index >= 15 is 0 Å². The van der Waals surface area contributed by atoms with Crippen LogP contribution in [0.25, 0.3) is 0 Å². The molecule has 0 aliphatic rings. The Morgan fingerprint density at radius 3 is 2.62 bits per heavy atom. The van der Waals surface area contributed by atoms with E-state index in [0.717, 1.165) is 12.1 Å². The second-order valence-electron chi connectivity index (χ2n) is 4.21. The molecule has 21 heavy (non-hydrogen) atoms. The summed E-state index contributed by atoms with van der Waals surface area (Å²) in [5.41, 5.74) is 1.30. The molecule has 0 unspecified atom stereocenters. The van der Waals surface area contributed by atoms with E-state index in [0.29, 0.717) is 19.5 Å². The van der Waals surface area contributed by atoms with Gasteiger partial charge in [0.05, 0.1) is 11.8 Å². The number of rotatable bonds is 6. The summed E-state index contributed by atoms with van der Waals surface area (Å²) >= 11 is 0. The van der Waals surface area contributed by atoms with Crippen molar-refractivity contribution in [3.8, 4) is 0 Å². The molecule has 0 amide bonds. The van der Waals surface area contributed by atoms with E-state index in [1.54, 1.807) is 17.1 Å². The lowest BCUT2D eigenvalue weighted by molar-refractivity contribution is -0.137. The van der Waals surface area contributed by atoms with Gasteiger partial charge < -0.3 is 10.7 Å². The van der Waals surface area contributed by atoms with Gasteiger partial charge in [-0.25, -0.2) is 10.8 Å². The Labute approximate surface area is 118 Å². The lowest BCUT2D eigenvalue weighted by Gasteiger charge is -2.12. The zero-order valence-electron chi connectivity index (χ0n) is 10.9. The van der Waals surface area contributed by atoms with E-state index in [-0.39, 0.29) is 11.6 Å². The van der Waals surface area contributed by atoms with Crippen molar-refractivity contribution >= 4 is 11.6 Å². The van der Waals surface area contributed by atoms with Crippen molar-refractivity contribution in [1.29, 1.82) is 0 Å². The third kappa shape index (κ3) is 4.31. The third-order valence-electron chi connectivity index (χ3n) is 2.64. The van der Waals surface area contributed by atoms with E-state index in [1.165, 1.54) is 0 Å². The predicted molar refractivity (Wildman–Crippen MR) is 70.2 cm³/mol. The number of hydrogen-bond donors (Lipinski definition) is 3. The maximum atomic E-state index is 12.7. The number of pyridine rings is 1. The summed E-state index contributed by atoms with van der Waals surface area (Å²) in [6.45, 7) is 1.05. The van der Waals surface area contributed by atoms with Crippen LogP contribution in [0.4, 0.5) is 24.8 Å². The van der Waals surface area contributed by atoms with Gasteiger partial charge in [0.1, 0.15) is 11.6 Å². The van der Waals surface area contributed by atoms with Crippen molar-refractivity contribution in [2.24, 2.45) is 5.84 Å². The third-order valence-corrected chi connectivity index (χ3v) is 2.64. The summed E-state index contributed by atoms with van der Waals surface area (Å²) in [7, 11) is 0. The number of nitrogens with two attached hydrogens (primary N) is 1. The molecule has 10 heteroatoms. The quantitative estimate of drug-likeness (QED) is 0.425. The molecular formula is C11H14F3N7. The molecule has 0 aromatic carbocycles. The van der Waals surface area contributed by atoms with Crippen molar-refractivity contribution in [1.82, 2.24) is 20.0 Å². The fourth-order valence-electron chi connectivity index (χ4n) is 1.67. The predicted octanol–water partition coefficient (Wildman–Crippen LogP) is 1.48. The second kappa shape index (κ2) is 6.39. The first-order chi connectivity index (χ1) is 9.99. The smallest absolute Gasteiger partial charge is 0.370 e. The number of hydrogen-bond acceptors (Lipinski definition) is 6. The largest absolute Gasteiger partial charge is 0.416 e. The number of aryl methyl sites for hydroxylation is 1. The number of nitrogen functional groups attached to an aromatic ring is 1. The molecule has 0 bridgehead atoms. The molecule has 0 radical (unpaired) electrons.